The van der Waals surface area contributed by atoms with Gasteiger partial charge in [0.1, 0.15) is 6.61 Å². The maximum Gasteiger partial charge on any atom is 0.288 e. The average Bonchev–Trinajstić information content (AvgIpc) is 2.91. The second kappa shape index (κ2) is 7.47. The van der Waals surface area contributed by atoms with E-state index in [0.29, 0.717) is 4.85 Å². The van der Waals surface area contributed by atoms with Crippen LogP contribution in [0.4, 0.5) is 8.78 Å². The minimum atomic E-state index is -2.70. The number of carbonyl (C=O) groups is 1. The number of hydrogen-bond acceptors (Lipinski definition) is 5. The number of ether oxygens (including phenoxy) is 1. The first kappa shape index (κ1) is 16.6. The monoisotopic (exact) mass is 341 g/mol. The van der Waals surface area contributed by atoms with E-state index in [-0.39, 0.29) is 40.3 Å². The van der Waals surface area contributed by atoms with Crippen LogP contribution in [0, 0.1) is 0 Å². The van der Waals surface area contributed by atoms with Gasteiger partial charge in [-0.05, 0) is 16.7 Å². The van der Waals surface area contributed by atoms with Crippen molar-refractivity contribution in [3.05, 3.63) is 52.0 Å². The Morgan fingerprint density at radius 3 is 2.91 bits per heavy atom. The third-order valence-corrected chi connectivity index (χ3v) is 3.45. The van der Waals surface area contributed by atoms with E-state index < -0.39 is 11.7 Å². The molecule has 23 heavy (non-hydrogen) atoms. The summed E-state index contributed by atoms with van der Waals surface area (Å²) in [5, 5.41) is 15.6. The van der Waals surface area contributed by atoms with E-state index in [9.17, 15) is 13.6 Å². The predicted molar refractivity (Wildman–Crippen MR) is 75.5 cm³/mol. The van der Waals surface area contributed by atoms with Gasteiger partial charge in [-0.1, -0.05) is 29.0 Å². The first-order valence-electron chi connectivity index (χ1n) is 6.05. The summed E-state index contributed by atoms with van der Waals surface area (Å²) in [6.45, 7) is -0.269. The Labute approximate surface area is 132 Å². The zero-order chi connectivity index (χ0) is 16.8. The van der Waals surface area contributed by atoms with Gasteiger partial charge in [-0.25, -0.2) is 0 Å². The molecule has 0 atom stereocenters. The molecule has 0 fully saturated rings. The van der Waals surface area contributed by atoms with Crippen molar-refractivity contribution in [2.75, 3.05) is 0 Å². The zero-order valence-corrected chi connectivity index (χ0v) is 12.2. The van der Waals surface area contributed by atoms with Crippen molar-refractivity contribution >= 4 is 17.7 Å². The smallest absolute Gasteiger partial charge is 0.288 e. The van der Waals surface area contributed by atoms with Crippen LogP contribution < -0.4 is 4.74 Å². The standard InChI is InChI=1S/C12H9F2N5O3S/c13-12(14)23-9-3-1-2-7(11(20)16-18-15)8(9)6-22-10-4-5-19(21)17-10/h1-5,12,21H,6H2. The summed E-state index contributed by atoms with van der Waals surface area (Å²) in [6.07, 6.45) is 1.21. The van der Waals surface area contributed by atoms with E-state index in [1.165, 1.54) is 30.5 Å². The summed E-state index contributed by atoms with van der Waals surface area (Å²) in [5.41, 5.74) is 8.45. The number of halogens is 2. The van der Waals surface area contributed by atoms with Gasteiger partial charge in [0.25, 0.3) is 5.76 Å². The summed E-state index contributed by atoms with van der Waals surface area (Å²) in [7, 11) is 0. The highest BCUT2D eigenvalue weighted by molar-refractivity contribution is 7.99. The van der Waals surface area contributed by atoms with E-state index in [2.05, 4.69) is 15.1 Å². The highest BCUT2D eigenvalue weighted by Crippen LogP contribution is 2.31. The van der Waals surface area contributed by atoms with Gasteiger partial charge in [-0.15, -0.1) is 4.85 Å². The molecule has 0 aliphatic rings. The second-order valence-corrected chi connectivity index (χ2v) is 5.05. The lowest BCUT2D eigenvalue weighted by Gasteiger charge is -2.12. The first-order chi connectivity index (χ1) is 11.0. The third-order valence-electron chi connectivity index (χ3n) is 2.63. The van der Waals surface area contributed by atoms with E-state index in [0.717, 1.165) is 0 Å². The molecule has 2 aromatic rings. The Morgan fingerprint density at radius 1 is 1.52 bits per heavy atom. The number of carbonyl (C=O) groups excluding carboxylic acids is 1. The Balaban J connectivity index is 2.34. The zero-order valence-electron chi connectivity index (χ0n) is 11.3. The number of nitrogens with zero attached hydrogens (tertiary/aromatic N) is 5. The number of rotatable bonds is 6. The van der Waals surface area contributed by atoms with Crippen LogP contribution in [0.1, 0.15) is 15.9 Å². The summed E-state index contributed by atoms with van der Waals surface area (Å²) in [4.78, 5) is 14.8. The van der Waals surface area contributed by atoms with Gasteiger partial charge in [-0.2, -0.15) is 8.78 Å². The minimum absolute atomic E-state index is 0.0338. The first-order valence-corrected chi connectivity index (χ1v) is 6.93. The van der Waals surface area contributed by atoms with Gasteiger partial charge in [-0.3, -0.25) is 4.79 Å². The Hall–Kier alpha value is -2.78. The topological polar surface area (TPSA) is 113 Å². The van der Waals surface area contributed by atoms with Crippen molar-refractivity contribution < 1.29 is 23.5 Å². The van der Waals surface area contributed by atoms with Gasteiger partial charge >= 0.3 is 0 Å². The molecule has 0 bridgehead atoms. The van der Waals surface area contributed by atoms with Crippen LogP contribution in [0.5, 0.6) is 5.88 Å². The fourth-order valence-corrected chi connectivity index (χ4v) is 2.40. The fourth-order valence-electron chi connectivity index (χ4n) is 1.74. The van der Waals surface area contributed by atoms with Crippen LogP contribution in [0.15, 0.2) is 40.5 Å². The predicted octanol–water partition coefficient (Wildman–Crippen LogP) is 3.46. The lowest BCUT2D eigenvalue weighted by molar-refractivity contribution is 0.0996. The molecule has 8 nitrogen and oxygen atoms in total. The van der Waals surface area contributed by atoms with Gasteiger partial charge in [0.15, 0.2) is 0 Å². The lowest BCUT2D eigenvalue weighted by atomic mass is 10.1. The molecule has 1 N–H and O–H groups in total. The Bertz CT molecular complexity index is 761. The molecule has 0 radical (unpaired) electrons. The molecule has 0 spiro atoms. The van der Waals surface area contributed by atoms with Crippen molar-refractivity contribution in [2.45, 2.75) is 17.3 Å². The van der Waals surface area contributed by atoms with Gasteiger partial charge < -0.3 is 9.94 Å². The average molecular weight is 341 g/mol. The molecule has 1 heterocycles. The number of amides is 1. The molecule has 0 aliphatic heterocycles. The number of hydrogen-bond donors (Lipinski definition) is 1. The Kier molecular flexibility index (Phi) is 5.39. The number of aromatic nitrogens is 2. The molecule has 1 aromatic heterocycles. The molecule has 11 heteroatoms. The van der Waals surface area contributed by atoms with Crippen molar-refractivity contribution in [1.82, 2.24) is 9.94 Å². The van der Waals surface area contributed by atoms with Crippen LogP contribution >= 0.6 is 11.8 Å². The maximum absolute atomic E-state index is 12.7. The normalized spacial score (nSPS) is 10.4. The van der Waals surface area contributed by atoms with Crippen molar-refractivity contribution in [3.63, 3.8) is 0 Å². The molecule has 120 valence electrons. The molecule has 0 saturated heterocycles. The minimum Gasteiger partial charge on any atom is -0.472 e. The van der Waals surface area contributed by atoms with Crippen molar-refractivity contribution in [1.29, 1.82) is 0 Å². The van der Waals surface area contributed by atoms with Crippen molar-refractivity contribution in [2.24, 2.45) is 5.11 Å². The molecule has 0 aliphatic carbocycles. The summed E-state index contributed by atoms with van der Waals surface area (Å²) in [5.74, 6) is -3.57. The van der Waals surface area contributed by atoms with Gasteiger partial charge in [0.05, 0.1) is 6.20 Å². The molecular formula is C12H9F2N5O3S. The van der Waals surface area contributed by atoms with Crippen LogP contribution in [0.3, 0.4) is 0 Å². The molecular weight excluding hydrogens is 332 g/mol. The maximum atomic E-state index is 12.7. The molecule has 1 aromatic carbocycles. The Morgan fingerprint density at radius 2 is 2.30 bits per heavy atom. The number of alkyl halides is 2. The van der Waals surface area contributed by atoms with E-state index in [4.69, 9.17) is 15.5 Å². The molecule has 0 unspecified atom stereocenters. The van der Waals surface area contributed by atoms with Crippen LogP contribution in [0.2, 0.25) is 0 Å². The molecule has 1 amide bonds. The van der Waals surface area contributed by atoms with Crippen molar-refractivity contribution in [3.8, 4) is 5.88 Å². The van der Waals surface area contributed by atoms with E-state index >= 15 is 0 Å². The quantitative estimate of drug-likeness (QED) is 0.284. The molecule has 0 saturated carbocycles. The largest absolute Gasteiger partial charge is 0.472 e. The number of azide groups is 1. The van der Waals surface area contributed by atoms with Crippen LogP contribution in [0.25, 0.3) is 10.4 Å². The van der Waals surface area contributed by atoms with Gasteiger partial charge in [0.2, 0.25) is 11.8 Å². The SMILES string of the molecule is [N-]=[N+]=NC(=O)c1cccc(SC(F)F)c1COc1ccn(O)n1. The number of benzene rings is 1. The van der Waals surface area contributed by atoms with Gasteiger partial charge in [0, 0.05) is 27.0 Å². The van der Waals surface area contributed by atoms with E-state index in [1.54, 1.807) is 0 Å². The van der Waals surface area contributed by atoms with E-state index in [1.807, 2.05) is 0 Å². The number of thioether (sulfide) groups is 1. The fraction of sp³-hybridized carbons (Fsp3) is 0.167. The highest BCUT2D eigenvalue weighted by atomic mass is 32.2. The third kappa shape index (κ3) is 4.34. The summed E-state index contributed by atoms with van der Waals surface area (Å²) >= 11 is 0.240. The lowest BCUT2D eigenvalue weighted by Crippen LogP contribution is -2.07. The molecule has 2 rings (SSSR count). The summed E-state index contributed by atoms with van der Waals surface area (Å²) < 4.78 is 30.6. The second-order valence-electron chi connectivity index (χ2n) is 4.02. The highest BCUT2D eigenvalue weighted by Gasteiger charge is 2.18. The summed E-state index contributed by atoms with van der Waals surface area (Å²) in [6, 6.07) is 5.48. The van der Waals surface area contributed by atoms with Crippen LogP contribution in [-0.4, -0.2) is 26.8 Å². The van der Waals surface area contributed by atoms with Crippen LogP contribution in [-0.2, 0) is 6.61 Å².